The van der Waals surface area contributed by atoms with Gasteiger partial charge in [0.05, 0.1) is 6.10 Å². The molecule has 2 aromatic rings. The van der Waals surface area contributed by atoms with Gasteiger partial charge in [0.15, 0.2) is 5.96 Å². The van der Waals surface area contributed by atoms with E-state index in [1.54, 1.807) is 0 Å². The summed E-state index contributed by atoms with van der Waals surface area (Å²) in [5.74, 6) is 1.61. The highest BCUT2D eigenvalue weighted by atomic mass is 127. The Labute approximate surface area is 184 Å². The molecule has 3 atom stereocenters. The van der Waals surface area contributed by atoms with Gasteiger partial charge in [-0.15, -0.1) is 24.0 Å². The van der Waals surface area contributed by atoms with Crippen molar-refractivity contribution in [2.45, 2.75) is 51.2 Å². The number of rotatable bonds is 4. The number of aliphatic imine (C=N–C) groups is 1. The van der Waals surface area contributed by atoms with Crippen molar-refractivity contribution < 1.29 is 4.74 Å². The van der Waals surface area contributed by atoms with E-state index in [9.17, 15) is 0 Å². The molecular weight excluding hydrogens is 463 g/mol. The van der Waals surface area contributed by atoms with E-state index in [4.69, 9.17) is 4.74 Å². The molecule has 0 radical (unpaired) electrons. The van der Waals surface area contributed by atoms with Crippen LogP contribution in [0.3, 0.4) is 0 Å². The van der Waals surface area contributed by atoms with Crippen LogP contribution in [0, 0.1) is 18.3 Å². The average Bonchev–Trinajstić information content (AvgIpc) is 3.19. The molecule has 3 unspecified atom stereocenters. The largest absolute Gasteiger partial charge is 0.377 e. The summed E-state index contributed by atoms with van der Waals surface area (Å²) in [4.78, 5) is 7.99. The van der Waals surface area contributed by atoms with Gasteiger partial charge >= 0.3 is 0 Å². The number of aromatic nitrogens is 1. The molecule has 3 N–H and O–H groups in total. The SMILES string of the molecule is CN=C(NCCc1c(C)[nH]c2ccccc12)NC1C2CCOC2C12CCC2.I. The Morgan fingerprint density at radius 3 is 2.89 bits per heavy atom. The number of aromatic amines is 1. The van der Waals surface area contributed by atoms with Gasteiger partial charge in [0, 0.05) is 54.2 Å². The lowest BCUT2D eigenvalue weighted by Gasteiger charge is -2.63. The maximum atomic E-state index is 6.04. The Morgan fingerprint density at radius 2 is 2.14 bits per heavy atom. The number of hydrogen-bond acceptors (Lipinski definition) is 2. The van der Waals surface area contributed by atoms with Crippen LogP contribution in [0.2, 0.25) is 0 Å². The fourth-order valence-electron chi connectivity index (χ4n) is 5.76. The summed E-state index contributed by atoms with van der Waals surface area (Å²) in [6.07, 6.45) is 6.62. The number of H-pyrrole nitrogens is 1. The maximum absolute atomic E-state index is 6.04. The summed E-state index contributed by atoms with van der Waals surface area (Å²) >= 11 is 0. The lowest BCUT2D eigenvalue weighted by molar-refractivity contribution is -0.171. The summed E-state index contributed by atoms with van der Waals surface area (Å²) in [6.45, 7) is 3.98. The molecule has 1 spiro atoms. The monoisotopic (exact) mass is 494 g/mol. The van der Waals surface area contributed by atoms with Crippen LogP contribution >= 0.6 is 24.0 Å². The number of hydrogen-bond donors (Lipinski definition) is 3. The maximum Gasteiger partial charge on any atom is 0.191 e. The number of fused-ring (bicyclic) bond motifs is 3. The van der Waals surface area contributed by atoms with Crippen molar-refractivity contribution in [1.29, 1.82) is 0 Å². The fraction of sp³-hybridized carbons (Fsp3) is 0.591. The average molecular weight is 494 g/mol. The predicted molar refractivity (Wildman–Crippen MR) is 125 cm³/mol. The second kappa shape index (κ2) is 7.86. The molecule has 1 saturated heterocycles. The Bertz CT molecular complexity index is 873. The Morgan fingerprint density at radius 1 is 1.32 bits per heavy atom. The minimum Gasteiger partial charge on any atom is -0.377 e. The molecule has 3 fully saturated rings. The molecule has 1 aromatic heterocycles. The van der Waals surface area contributed by atoms with Gasteiger partial charge in [0.1, 0.15) is 0 Å². The summed E-state index contributed by atoms with van der Waals surface area (Å²) < 4.78 is 6.04. The first-order valence-electron chi connectivity index (χ1n) is 10.4. The molecule has 2 aliphatic carbocycles. The van der Waals surface area contributed by atoms with Crippen molar-refractivity contribution in [2.75, 3.05) is 20.2 Å². The number of para-hydroxylation sites is 1. The minimum atomic E-state index is 0. The van der Waals surface area contributed by atoms with Gasteiger partial charge in [0.25, 0.3) is 0 Å². The zero-order chi connectivity index (χ0) is 18.4. The number of benzene rings is 1. The molecule has 1 aromatic carbocycles. The normalized spacial score (nSPS) is 27.6. The molecule has 152 valence electrons. The third-order valence-electron chi connectivity index (χ3n) is 7.25. The van der Waals surface area contributed by atoms with Gasteiger partial charge < -0.3 is 20.4 Å². The fourth-order valence-corrected chi connectivity index (χ4v) is 5.76. The van der Waals surface area contributed by atoms with E-state index in [1.165, 1.54) is 47.8 Å². The highest BCUT2D eigenvalue weighted by Gasteiger charge is 2.66. The molecule has 0 bridgehead atoms. The second-order valence-electron chi connectivity index (χ2n) is 8.48. The van der Waals surface area contributed by atoms with E-state index in [0.29, 0.717) is 23.5 Å². The summed E-state index contributed by atoms with van der Waals surface area (Å²) in [5, 5.41) is 8.63. The molecular formula is C22H31IN4O. The highest BCUT2D eigenvalue weighted by molar-refractivity contribution is 14.0. The molecule has 5 rings (SSSR count). The minimum absolute atomic E-state index is 0. The van der Waals surface area contributed by atoms with Crippen molar-refractivity contribution in [3.05, 3.63) is 35.5 Å². The van der Waals surface area contributed by atoms with Crippen LogP contribution in [0.15, 0.2) is 29.3 Å². The zero-order valence-corrected chi connectivity index (χ0v) is 19.1. The third kappa shape index (κ3) is 3.03. The first kappa shape index (κ1) is 20.0. The van der Waals surface area contributed by atoms with Crippen LogP contribution in [-0.2, 0) is 11.2 Å². The molecule has 5 nitrogen and oxygen atoms in total. The molecule has 2 heterocycles. The third-order valence-corrected chi connectivity index (χ3v) is 7.25. The lowest BCUT2D eigenvalue weighted by atomic mass is 9.46. The number of ether oxygens (including phenoxy) is 1. The van der Waals surface area contributed by atoms with Crippen LogP contribution in [0.4, 0.5) is 0 Å². The first-order chi connectivity index (χ1) is 13.2. The van der Waals surface area contributed by atoms with Gasteiger partial charge in [-0.3, -0.25) is 4.99 Å². The van der Waals surface area contributed by atoms with Crippen LogP contribution in [0.25, 0.3) is 10.9 Å². The van der Waals surface area contributed by atoms with Crippen molar-refractivity contribution >= 4 is 40.8 Å². The van der Waals surface area contributed by atoms with E-state index >= 15 is 0 Å². The van der Waals surface area contributed by atoms with Gasteiger partial charge in [-0.05, 0) is 44.2 Å². The van der Waals surface area contributed by atoms with Crippen LogP contribution in [-0.4, -0.2) is 43.3 Å². The van der Waals surface area contributed by atoms with Gasteiger partial charge in [-0.1, -0.05) is 24.6 Å². The summed E-state index contributed by atoms with van der Waals surface area (Å²) in [7, 11) is 1.88. The molecule has 1 aliphatic heterocycles. The number of halogens is 1. The predicted octanol–water partition coefficient (Wildman–Crippen LogP) is 3.76. The Balaban J connectivity index is 0.00000192. The molecule has 2 saturated carbocycles. The highest BCUT2D eigenvalue weighted by Crippen LogP contribution is 2.62. The number of guanidine groups is 1. The summed E-state index contributed by atoms with van der Waals surface area (Å²) in [5.41, 5.74) is 4.27. The van der Waals surface area contributed by atoms with Crippen molar-refractivity contribution in [2.24, 2.45) is 16.3 Å². The molecule has 0 amide bonds. The lowest BCUT2D eigenvalue weighted by Crippen LogP contribution is -2.72. The van der Waals surface area contributed by atoms with E-state index in [1.807, 2.05) is 7.05 Å². The Hall–Kier alpha value is -1.28. The molecule has 6 heteroatoms. The van der Waals surface area contributed by atoms with Crippen LogP contribution in [0.1, 0.15) is 36.9 Å². The van der Waals surface area contributed by atoms with Crippen LogP contribution in [0.5, 0.6) is 0 Å². The van der Waals surface area contributed by atoms with E-state index in [0.717, 1.165) is 25.5 Å². The second-order valence-corrected chi connectivity index (χ2v) is 8.48. The summed E-state index contributed by atoms with van der Waals surface area (Å²) in [6, 6.07) is 9.08. The topological polar surface area (TPSA) is 61.4 Å². The van der Waals surface area contributed by atoms with Gasteiger partial charge in [-0.2, -0.15) is 0 Å². The molecule has 28 heavy (non-hydrogen) atoms. The van der Waals surface area contributed by atoms with E-state index in [2.05, 4.69) is 51.8 Å². The van der Waals surface area contributed by atoms with E-state index in [-0.39, 0.29) is 24.0 Å². The van der Waals surface area contributed by atoms with Gasteiger partial charge in [-0.25, -0.2) is 0 Å². The van der Waals surface area contributed by atoms with Crippen molar-refractivity contribution in [3.8, 4) is 0 Å². The Kier molecular flexibility index (Phi) is 5.62. The quantitative estimate of drug-likeness (QED) is 0.345. The number of nitrogens with one attached hydrogen (secondary N) is 3. The number of aryl methyl sites for hydroxylation is 1. The van der Waals surface area contributed by atoms with Gasteiger partial charge in [0.2, 0.25) is 0 Å². The number of nitrogens with zero attached hydrogens (tertiary/aromatic N) is 1. The van der Waals surface area contributed by atoms with Crippen molar-refractivity contribution in [3.63, 3.8) is 0 Å². The standard InChI is InChI=1S/C22H30N4O.HI/c1-14-15(16-6-3-4-7-18(16)25-14)8-12-24-21(23-2)26-19-17-9-13-27-20(17)22(19)10-5-11-22;/h3-4,6-7,17,19-20,25H,5,8-13H2,1-2H3,(H2,23,24,26);1H. The van der Waals surface area contributed by atoms with Crippen molar-refractivity contribution in [1.82, 2.24) is 15.6 Å². The smallest absolute Gasteiger partial charge is 0.191 e. The zero-order valence-electron chi connectivity index (χ0n) is 16.8. The molecule has 3 aliphatic rings. The van der Waals surface area contributed by atoms with E-state index < -0.39 is 0 Å². The first-order valence-corrected chi connectivity index (χ1v) is 10.4. The van der Waals surface area contributed by atoms with Crippen LogP contribution < -0.4 is 10.6 Å².